The van der Waals surface area contributed by atoms with Crippen molar-refractivity contribution in [2.45, 2.75) is 39.7 Å². The fourth-order valence-corrected chi connectivity index (χ4v) is 1.03. The average Bonchev–Trinajstić information content (AvgIpc) is 2.15. The molecule has 1 unspecified atom stereocenters. The molecule has 0 aromatic heterocycles. The van der Waals surface area contributed by atoms with Crippen LogP contribution in [-0.4, -0.2) is 37.5 Å². The largest absolute Gasteiger partial charge is 0.392 e. The van der Waals surface area contributed by atoms with Gasteiger partial charge in [-0.2, -0.15) is 0 Å². The smallest absolute Gasteiger partial charge is 0.0662 e. The second-order valence-electron chi connectivity index (χ2n) is 4.09. The van der Waals surface area contributed by atoms with Crippen molar-refractivity contribution in [1.29, 1.82) is 0 Å². The van der Waals surface area contributed by atoms with Crippen LogP contribution in [0.4, 0.5) is 0 Å². The van der Waals surface area contributed by atoms with Crippen molar-refractivity contribution in [2.75, 3.05) is 26.3 Å². The maximum Gasteiger partial charge on any atom is 0.0662 e. The zero-order valence-electron chi connectivity index (χ0n) is 9.75. The van der Waals surface area contributed by atoms with Gasteiger partial charge in [0.25, 0.3) is 0 Å². The lowest BCUT2D eigenvalue weighted by molar-refractivity contribution is 0.106. The average molecular weight is 203 g/mol. The van der Waals surface area contributed by atoms with Crippen molar-refractivity contribution in [2.24, 2.45) is 5.92 Å². The van der Waals surface area contributed by atoms with Gasteiger partial charge in [-0.25, -0.2) is 0 Å². The van der Waals surface area contributed by atoms with Crippen LogP contribution in [0.15, 0.2) is 0 Å². The number of hydrogen-bond acceptors (Lipinski definition) is 3. The first-order chi connectivity index (χ1) is 6.66. The van der Waals surface area contributed by atoms with Crippen molar-refractivity contribution in [3.63, 3.8) is 0 Å². The van der Waals surface area contributed by atoms with Crippen LogP contribution in [0.2, 0.25) is 0 Å². The van der Waals surface area contributed by atoms with Crippen molar-refractivity contribution in [3.8, 4) is 0 Å². The number of nitrogens with one attached hydrogen (secondary N) is 1. The molecular formula is C11H25NO2. The topological polar surface area (TPSA) is 41.5 Å². The lowest BCUT2D eigenvalue weighted by Crippen LogP contribution is -2.27. The summed E-state index contributed by atoms with van der Waals surface area (Å²) in [5, 5.41) is 12.4. The molecule has 0 bridgehead atoms. The summed E-state index contributed by atoms with van der Waals surface area (Å²) in [6.45, 7) is 9.56. The maximum atomic E-state index is 9.24. The van der Waals surface area contributed by atoms with E-state index in [1.807, 2.05) is 6.92 Å². The van der Waals surface area contributed by atoms with Crippen molar-refractivity contribution >= 4 is 0 Å². The van der Waals surface area contributed by atoms with Crippen LogP contribution in [0.25, 0.3) is 0 Å². The number of hydrogen-bond donors (Lipinski definition) is 2. The molecule has 14 heavy (non-hydrogen) atoms. The summed E-state index contributed by atoms with van der Waals surface area (Å²) in [6, 6.07) is 0. The highest BCUT2D eigenvalue weighted by molar-refractivity contribution is 4.56. The second kappa shape index (κ2) is 9.44. The van der Waals surface area contributed by atoms with Crippen LogP contribution in [0.1, 0.15) is 33.6 Å². The van der Waals surface area contributed by atoms with Gasteiger partial charge in [-0.05, 0) is 25.3 Å². The van der Waals surface area contributed by atoms with E-state index < -0.39 is 0 Å². The highest BCUT2D eigenvalue weighted by atomic mass is 16.5. The van der Waals surface area contributed by atoms with Gasteiger partial charge >= 0.3 is 0 Å². The van der Waals surface area contributed by atoms with E-state index in [-0.39, 0.29) is 6.10 Å². The molecule has 0 aliphatic heterocycles. The third-order valence-corrected chi connectivity index (χ3v) is 1.94. The van der Waals surface area contributed by atoms with E-state index in [1.165, 1.54) is 0 Å². The van der Waals surface area contributed by atoms with Gasteiger partial charge in [0.05, 0.1) is 6.10 Å². The molecule has 0 amide bonds. The van der Waals surface area contributed by atoms with E-state index in [0.29, 0.717) is 12.5 Å². The molecule has 0 saturated heterocycles. The molecule has 86 valence electrons. The van der Waals surface area contributed by atoms with E-state index in [0.717, 1.165) is 32.6 Å². The third-order valence-electron chi connectivity index (χ3n) is 1.94. The normalized spacial score (nSPS) is 13.5. The molecule has 0 fully saturated rings. The molecular weight excluding hydrogens is 178 g/mol. The van der Waals surface area contributed by atoms with Crippen LogP contribution >= 0.6 is 0 Å². The maximum absolute atomic E-state index is 9.24. The summed E-state index contributed by atoms with van der Waals surface area (Å²) >= 11 is 0. The standard InChI is InChI=1S/C11H25NO2/c1-4-11(13)8-12-6-5-7-14-9-10(2)3/h10-13H,4-9H2,1-3H3. The summed E-state index contributed by atoms with van der Waals surface area (Å²) in [6.07, 6.45) is 1.63. The Hall–Kier alpha value is -0.120. The molecule has 0 aliphatic rings. The van der Waals surface area contributed by atoms with Gasteiger partial charge in [-0.15, -0.1) is 0 Å². The Bertz CT molecular complexity index is 118. The Labute approximate surface area is 87.8 Å². The molecule has 0 aromatic carbocycles. The Balaban J connectivity index is 2.99. The van der Waals surface area contributed by atoms with Gasteiger partial charge in [0.2, 0.25) is 0 Å². The zero-order valence-corrected chi connectivity index (χ0v) is 9.75. The van der Waals surface area contributed by atoms with Crippen molar-refractivity contribution in [3.05, 3.63) is 0 Å². The first-order valence-corrected chi connectivity index (χ1v) is 5.63. The number of ether oxygens (including phenoxy) is 1. The van der Waals surface area contributed by atoms with E-state index in [4.69, 9.17) is 4.74 Å². The quantitative estimate of drug-likeness (QED) is 0.557. The number of aliphatic hydroxyl groups excluding tert-OH is 1. The minimum absolute atomic E-state index is 0.202. The van der Waals surface area contributed by atoms with E-state index in [9.17, 15) is 5.11 Å². The predicted molar refractivity (Wildman–Crippen MR) is 59.4 cm³/mol. The van der Waals surface area contributed by atoms with Crippen LogP contribution in [0, 0.1) is 5.92 Å². The van der Waals surface area contributed by atoms with Gasteiger partial charge in [-0.1, -0.05) is 20.8 Å². The summed E-state index contributed by atoms with van der Waals surface area (Å²) in [4.78, 5) is 0. The molecule has 0 aromatic rings. The molecule has 0 heterocycles. The highest BCUT2D eigenvalue weighted by Gasteiger charge is 1.98. The summed E-state index contributed by atoms with van der Waals surface area (Å²) < 4.78 is 5.43. The molecule has 0 saturated carbocycles. The van der Waals surface area contributed by atoms with E-state index in [2.05, 4.69) is 19.2 Å². The first-order valence-electron chi connectivity index (χ1n) is 5.63. The minimum Gasteiger partial charge on any atom is -0.392 e. The van der Waals surface area contributed by atoms with Gasteiger partial charge < -0.3 is 15.2 Å². The molecule has 0 aliphatic carbocycles. The van der Waals surface area contributed by atoms with Crippen LogP contribution in [0.3, 0.4) is 0 Å². The highest BCUT2D eigenvalue weighted by Crippen LogP contribution is 1.93. The van der Waals surface area contributed by atoms with Crippen molar-refractivity contribution < 1.29 is 9.84 Å². The summed E-state index contributed by atoms with van der Waals surface area (Å²) in [5.74, 6) is 0.616. The van der Waals surface area contributed by atoms with Gasteiger partial charge in [0, 0.05) is 19.8 Å². The number of aliphatic hydroxyl groups is 1. The summed E-state index contributed by atoms with van der Waals surface area (Å²) in [5.41, 5.74) is 0. The first kappa shape index (κ1) is 13.9. The van der Waals surface area contributed by atoms with Crippen LogP contribution in [-0.2, 0) is 4.74 Å². The Morgan fingerprint density at radius 2 is 2.07 bits per heavy atom. The molecule has 0 radical (unpaired) electrons. The Morgan fingerprint density at radius 3 is 2.64 bits per heavy atom. The monoisotopic (exact) mass is 203 g/mol. The Kier molecular flexibility index (Phi) is 9.35. The lowest BCUT2D eigenvalue weighted by atomic mass is 10.2. The molecule has 2 N–H and O–H groups in total. The SMILES string of the molecule is CCC(O)CNCCCOCC(C)C. The third kappa shape index (κ3) is 9.96. The van der Waals surface area contributed by atoms with E-state index >= 15 is 0 Å². The van der Waals surface area contributed by atoms with Gasteiger partial charge in [-0.3, -0.25) is 0 Å². The number of rotatable bonds is 9. The van der Waals surface area contributed by atoms with E-state index in [1.54, 1.807) is 0 Å². The fraction of sp³-hybridized carbons (Fsp3) is 1.00. The lowest BCUT2D eigenvalue weighted by Gasteiger charge is -2.10. The Morgan fingerprint density at radius 1 is 1.36 bits per heavy atom. The molecule has 3 nitrogen and oxygen atoms in total. The minimum atomic E-state index is -0.202. The summed E-state index contributed by atoms with van der Waals surface area (Å²) in [7, 11) is 0. The van der Waals surface area contributed by atoms with Gasteiger partial charge in [0.15, 0.2) is 0 Å². The van der Waals surface area contributed by atoms with Gasteiger partial charge in [0.1, 0.15) is 0 Å². The molecule has 0 rings (SSSR count). The molecule has 0 spiro atoms. The zero-order chi connectivity index (χ0) is 10.8. The van der Waals surface area contributed by atoms with Crippen molar-refractivity contribution in [1.82, 2.24) is 5.32 Å². The van der Waals surface area contributed by atoms with Crippen LogP contribution in [0.5, 0.6) is 0 Å². The predicted octanol–water partition coefficient (Wildman–Crippen LogP) is 1.41. The van der Waals surface area contributed by atoms with Crippen LogP contribution < -0.4 is 5.32 Å². The fourth-order valence-electron chi connectivity index (χ4n) is 1.03. The molecule has 1 atom stereocenters. The molecule has 3 heteroatoms. The second-order valence-corrected chi connectivity index (χ2v) is 4.09.